The third kappa shape index (κ3) is 9.39. The van der Waals surface area contributed by atoms with Crippen LogP contribution in [0.4, 0.5) is 16.2 Å². The number of carbonyl (C=O) groups excluding carboxylic acids is 2. The van der Waals surface area contributed by atoms with Gasteiger partial charge >= 0.3 is 6.03 Å². The number of nitrogens with one attached hydrogen (secondary N) is 2. The van der Waals surface area contributed by atoms with Crippen LogP contribution in [0.1, 0.15) is 61.8 Å². The number of nitrogens with zero attached hydrogens (tertiary/aromatic N) is 3. The summed E-state index contributed by atoms with van der Waals surface area (Å²) in [5.74, 6) is 0.133. The van der Waals surface area contributed by atoms with Gasteiger partial charge in [-0.05, 0) is 65.2 Å². The molecule has 1 aromatic carbocycles. The molecule has 3 amide bonds. The maximum absolute atomic E-state index is 14.2. The molecular formula is C29H45N5O8S. The number of amides is 3. The predicted octanol–water partition coefficient (Wildman–Crippen LogP) is 3.62. The number of likely N-dealkylation sites (N-methyl/N-ethyl adjacent to an activating group) is 1. The van der Waals surface area contributed by atoms with E-state index in [-0.39, 0.29) is 37.3 Å². The maximum atomic E-state index is 14.2. The van der Waals surface area contributed by atoms with Crippen LogP contribution >= 0.6 is 0 Å². The molecule has 0 spiro atoms. The van der Waals surface area contributed by atoms with Gasteiger partial charge in [-0.25, -0.2) is 17.5 Å². The van der Waals surface area contributed by atoms with Gasteiger partial charge in [-0.1, -0.05) is 12.1 Å². The number of fused-ring (bicyclic) bond motifs is 1. The number of benzene rings is 1. The lowest BCUT2D eigenvalue weighted by molar-refractivity contribution is -0.00828. The lowest BCUT2D eigenvalue weighted by Crippen LogP contribution is -2.47. The molecule has 2 aromatic rings. The van der Waals surface area contributed by atoms with E-state index < -0.39 is 34.1 Å². The van der Waals surface area contributed by atoms with Gasteiger partial charge in [0.05, 0.1) is 36.7 Å². The molecule has 1 aliphatic heterocycles. The van der Waals surface area contributed by atoms with Gasteiger partial charge in [0.1, 0.15) is 17.1 Å². The zero-order valence-electron chi connectivity index (χ0n) is 26.0. The van der Waals surface area contributed by atoms with Crippen molar-refractivity contribution in [1.29, 1.82) is 0 Å². The van der Waals surface area contributed by atoms with E-state index in [1.54, 1.807) is 39.0 Å². The standard InChI is InChI=1S/C29H45N5O8S/c1-18-15-34(19(2)17-35)28(36)24-14-23(30-29(37)31-27-21(4)32-42-22(27)5)11-12-25(24)41-20(3)10-8-9-13-40-26(18)16-33(6)43(7,38)39/h11-12,14,18-20,26,35H,8-10,13,15-17H2,1-7H3,(H2,30,31,37)/t18-,19+,20-,26-/m0/s1. The van der Waals surface area contributed by atoms with Gasteiger partial charge in [0, 0.05) is 38.3 Å². The number of anilines is 2. The van der Waals surface area contributed by atoms with E-state index in [0.29, 0.717) is 41.6 Å². The first-order valence-electron chi connectivity index (χ1n) is 14.5. The number of carbonyl (C=O) groups is 2. The predicted molar refractivity (Wildman–Crippen MR) is 163 cm³/mol. The summed E-state index contributed by atoms with van der Waals surface area (Å²) in [5.41, 5.74) is 1.56. The van der Waals surface area contributed by atoms with Crippen molar-refractivity contribution in [3.63, 3.8) is 0 Å². The van der Waals surface area contributed by atoms with Crippen molar-refractivity contribution in [2.75, 3.05) is 50.2 Å². The molecule has 1 aromatic heterocycles. The summed E-state index contributed by atoms with van der Waals surface area (Å²) >= 11 is 0. The minimum Gasteiger partial charge on any atom is -0.490 e. The smallest absolute Gasteiger partial charge is 0.323 e. The molecule has 0 unspecified atom stereocenters. The number of sulfonamides is 1. The third-order valence-corrected chi connectivity index (χ3v) is 8.87. The Kier molecular flexibility index (Phi) is 12.0. The average molecular weight is 624 g/mol. The fraction of sp³-hybridized carbons (Fsp3) is 0.621. The number of ether oxygens (including phenoxy) is 2. The van der Waals surface area contributed by atoms with Crippen molar-refractivity contribution < 1.29 is 37.1 Å². The number of hydrogen-bond donors (Lipinski definition) is 3. The largest absolute Gasteiger partial charge is 0.490 e. The normalized spacial score (nSPS) is 21.5. The van der Waals surface area contributed by atoms with Crippen LogP contribution in [-0.2, 0) is 14.8 Å². The molecule has 0 aliphatic carbocycles. The van der Waals surface area contributed by atoms with E-state index in [1.807, 2.05) is 13.8 Å². The van der Waals surface area contributed by atoms with Gasteiger partial charge in [-0.2, -0.15) is 0 Å². The zero-order valence-corrected chi connectivity index (χ0v) is 26.9. The number of aromatic nitrogens is 1. The highest BCUT2D eigenvalue weighted by atomic mass is 32.2. The Bertz CT molecular complexity index is 1350. The van der Waals surface area contributed by atoms with Crippen LogP contribution in [0, 0.1) is 19.8 Å². The zero-order chi connectivity index (χ0) is 31.9. The molecule has 1 aliphatic rings. The second-order valence-corrected chi connectivity index (χ2v) is 13.4. The Morgan fingerprint density at radius 1 is 1.23 bits per heavy atom. The van der Waals surface area contributed by atoms with Crippen LogP contribution in [0.2, 0.25) is 0 Å². The van der Waals surface area contributed by atoms with Crippen molar-refractivity contribution in [2.45, 2.75) is 72.1 Å². The lowest BCUT2D eigenvalue weighted by Gasteiger charge is -2.35. The lowest BCUT2D eigenvalue weighted by atomic mass is 10.0. The number of rotatable bonds is 7. The number of hydrogen-bond acceptors (Lipinski definition) is 9. The third-order valence-electron chi connectivity index (χ3n) is 7.58. The van der Waals surface area contributed by atoms with Gasteiger partial charge in [0.15, 0.2) is 5.76 Å². The Labute approximate surface area is 253 Å². The van der Waals surface area contributed by atoms with Gasteiger partial charge in [0.25, 0.3) is 5.91 Å². The van der Waals surface area contributed by atoms with Gasteiger partial charge in [-0.15, -0.1) is 0 Å². The molecular weight excluding hydrogens is 578 g/mol. The van der Waals surface area contributed by atoms with E-state index in [9.17, 15) is 23.1 Å². The molecule has 0 radical (unpaired) electrons. The number of urea groups is 1. The number of aliphatic hydroxyl groups is 1. The summed E-state index contributed by atoms with van der Waals surface area (Å²) in [5, 5.41) is 19.4. The van der Waals surface area contributed by atoms with E-state index in [2.05, 4.69) is 15.8 Å². The summed E-state index contributed by atoms with van der Waals surface area (Å²) < 4.78 is 43.1. The molecule has 13 nitrogen and oxygen atoms in total. The molecule has 3 N–H and O–H groups in total. The molecule has 43 heavy (non-hydrogen) atoms. The fourth-order valence-corrected chi connectivity index (χ4v) is 5.21. The van der Waals surface area contributed by atoms with Crippen molar-refractivity contribution in [2.24, 2.45) is 5.92 Å². The first kappa shape index (κ1) is 34.3. The van der Waals surface area contributed by atoms with Crippen LogP contribution in [0.5, 0.6) is 5.75 Å². The van der Waals surface area contributed by atoms with Crippen LogP contribution in [0.15, 0.2) is 22.7 Å². The Morgan fingerprint density at radius 3 is 2.58 bits per heavy atom. The molecule has 0 saturated heterocycles. The van der Waals surface area contributed by atoms with Crippen LogP contribution < -0.4 is 15.4 Å². The van der Waals surface area contributed by atoms with Crippen molar-refractivity contribution >= 4 is 33.3 Å². The topological polar surface area (TPSA) is 164 Å². The van der Waals surface area contributed by atoms with E-state index in [1.165, 1.54) is 16.3 Å². The van der Waals surface area contributed by atoms with Crippen LogP contribution in [0.25, 0.3) is 0 Å². The average Bonchev–Trinajstić information content (AvgIpc) is 3.25. The number of aliphatic hydroxyl groups excluding tert-OH is 1. The SMILES string of the molecule is Cc1noc(C)c1NC(=O)Nc1ccc2c(c1)C(=O)N([C@H](C)CO)C[C@H](C)[C@H](CN(C)S(C)(=O)=O)OCCCC[C@H](C)O2. The summed E-state index contributed by atoms with van der Waals surface area (Å²) in [6.45, 7) is 9.39. The van der Waals surface area contributed by atoms with Crippen LogP contribution in [0.3, 0.4) is 0 Å². The van der Waals surface area contributed by atoms with E-state index in [0.717, 1.165) is 19.1 Å². The molecule has 240 valence electrons. The monoisotopic (exact) mass is 623 g/mol. The first-order chi connectivity index (χ1) is 20.2. The summed E-state index contributed by atoms with van der Waals surface area (Å²) in [6.07, 6.45) is 2.71. The maximum Gasteiger partial charge on any atom is 0.323 e. The first-order valence-corrected chi connectivity index (χ1v) is 16.3. The van der Waals surface area contributed by atoms with Gasteiger partial charge in [0.2, 0.25) is 10.0 Å². The van der Waals surface area contributed by atoms with Crippen molar-refractivity contribution in [3.8, 4) is 5.75 Å². The quantitative estimate of drug-likeness (QED) is 0.418. The van der Waals surface area contributed by atoms with Gasteiger partial charge < -0.3 is 34.6 Å². The molecule has 2 heterocycles. The summed E-state index contributed by atoms with van der Waals surface area (Å²) in [6, 6.07) is 3.75. The molecule has 14 heteroatoms. The van der Waals surface area contributed by atoms with Crippen LogP contribution in [-0.4, -0.2) is 97.7 Å². The highest BCUT2D eigenvalue weighted by Gasteiger charge is 2.31. The van der Waals surface area contributed by atoms with Crippen molar-refractivity contribution in [3.05, 3.63) is 35.2 Å². The fourth-order valence-electron chi connectivity index (χ4n) is 4.79. The number of aryl methyl sites for hydroxylation is 2. The summed E-state index contributed by atoms with van der Waals surface area (Å²) in [4.78, 5) is 28.5. The Balaban J connectivity index is 1.96. The molecule has 4 atom stereocenters. The van der Waals surface area contributed by atoms with Gasteiger partial charge in [-0.3, -0.25) is 4.79 Å². The highest BCUT2D eigenvalue weighted by molar-refractivity contribution is 7.88. The molecule has 0 saturated carbocycles. The summed E-state index contributed by atoms with van der Waals surface area (Å²) in [7, 11) is -1.95. The second kappa shape index (κ2) is 15.0. The minimum absolute atomic E-state index is 0.125. The van der Waals surface area contributed by atoms with Crippen molar-refractivity contribution in [1.82, 2.24) is 14.4 Å². The van der Waals surface area contributed by atoms with E-state index >= 15 is 0 Å². The Morgan fingerprint density at radius 2 is 1.95 bits per heavy atom. The highest BCUT2D eigenvalue weighted by Crippen LogP contribution is 2.29. The molecule has 0 fully saturated rings. The second-order valence-electron chi connectivity index (χ2n) is 11.3. The van der Waals surface area contributed by atoms with E-state index in [4.69, 9.17) is 14.0 Å². The molecule has 0 bridgehead atoms. The minimum atomic E-state index is -3.45. The molecule has 3 rings (SSSR count). The Hall–Kier alpha value is -3.20.